The van der Waals surface area contributed by atoms with E-state index in [2.05, 4.69) is 32.0 Å². The van der Waals surface area contributed by atoms with E-state index in [0.717, 1.165) is 31.4 Å². The SMILES string of the molecule is COc1ccc2c(c1)CC[C@H]1[C@@H]2[C@H](C)C[C@]2(C)C(=O)CC[C@@H]12. The number of carbonyl (C=O) groups excluding carboxylic acids is 1. The molecule has 0 radical (unpaired) electrons. The van der Waals surface area contributed by atoms with Crippen molar-refractivity contribution in [2.75, 3.05) is 7.11 Å². The Morgan fingerprint density at radius 3 is 2.82 bits per heavy atom. The third-order valence-corrected chi connectivity index (χ3v) is 6.93. The number of ketones is 1. The van der Waals surface area contributed by atoms with Gasteiger partial charge in [0.15, 0.2) is 0 Å². The minimum Gasteiger partial charge on any atom is -0.497 e. The van der Waals surface area contributed by atoms with Crippen LogP contribution in [0.5, 0.6) is 5.75 Å². The summed E-state index contributed by atoms with van der Waals surface area (Å²) in [6.45, 7) is 4.62. The number of carbonyl (C=O) groups is 1. The van der Waals surface area contributed by atoms with E-state index in [-0.39, 0.29) is 5.41 Å². The minimum atomic E-state index is -0.0371. The number of methoxy groups -OCH3 is 1. The average Bonchev–Trinajstić information content (AvgIpc) is 2.81. The maximum Gasteiger partial charge on any atom is 0.139 e. The summed E-state index contributed by atoms with van der Waals surface area (Å²) in [4.78, 5) is 12.5. The van der Waals surface area contributed by atoms with Gasteiger partial charge in [0.1, 0.15) is 11.5 Å². The number of fused-ring (bicyclic) bond motifs is 5. The van der Waals surface area contributed by atoms with Gasteiger partial charge in [-0.2, -0.15) is 0 Å². The first kappa shape index (κ1) is 14.3. The average molecular weight is 298 g/mol. The quantitative estimate of drug-likeness (QED) is 0.769. The molecule has 0 unspecified atom stereocenters. The lowest BCUT2D eigenvalue weighted by atomic mass is 9.52. The van der Waals surface area contributed by atoms with Gasteiger partial charge in [0.25, 0.3) is 0 Å². The summed E-state index contributed by atoms with van der Waals surface area (Å²) in [6.07, 6.45) is 5.38. The van der Waals surface area contributed by atoms with Crippen LogP contribution in [0, 0.1) is 23.2 Å². The number of rotatable bonds is 1. The smallest absolute Gasteiger partial charge is 0.139 e. The molecule has 1 aromatic rings. The second kappa shape index (κ2) is 4.84. The van der Waals surface area contributed by atoms with Gasteiger partial charge in [0.05, 0.1) is 7.11 Å². The normalized spacial score (nSPS) is 39.9. The molecule has 4 rings (SSSR count). The highest BCUT2D eigenvalue weighted by atomic mass is 16.5. The van der Waals surface area contributed by atoms with Gasteiger partial charge in [0, 0.05) is 11.8 Å². The van der Waals surface area contributed by atoms with Crippen LogP contribution < -0.4 is 4.74 Å². The molecule has 0 N–H and O–H groups in total. The maximum atomic E-state index is 12.5. The number of aryl methyl sites for hydroxylation is 1. The van der Waals surface area contributed by atoms with Gasteiger partial charge >= 0.3 is 0 Å². The fourth-order valence-corrected chi connectivity index (χ4v) is 6.01. The van der Waals surface area contributed by atoms with E-state index in [4.69, 9.17) is 4.74 Å². The molecular weight excluding hydrogens is 272 g/mol. The lowest BCUT2D eigenvalue weighted by molar-refractivity contribution is -0.130. The number of Topliss-reactive ketones (excluding diaryl/α,β-unsaturated/α-hetero) is 1. The Morgan fingerprint density at radius 1 is 1.23 bits per heavy atom. The Hall–Kier alpha value is -1.31. The van der Waals surface area contributed by atoms with Crippen LogP contribution in [-0.2, 0) is 11.2 Å². The molecule has 0 aromatic heterocycles. The van der Waals surface area contributed by atoms with Crippen molar-refractivity contribution in [2.24, 2.45) is 23.2 Å². The third kappa shape index (κ3) is 1.82. The summed E-state index contributed by atoms with van der Waals surface area (Å²) in [7, 11) is 1.74. The molecule has 0 saturated heterocycles. The van der Waals surface area contributed by atoms with Crippen molar-refractivity contribution in [1.29, 1.82) is 0 Å². The zero-order valence-corrected chi connectivity index (χ0v) is 13.9. The summed E-state index contributed by atoms with van der Waals surface area (Å²) in [5, 5.41) is 0. The van der Waals surface area contributed by atoms with Gasteiger partial charge in [-0.25, -0.2) is 0 Å². The predicted octanol–water partition coefficient (Wildman–Crippen LogP) is 4.37. The highest BCUT2D eigenvalue weighted by molar-refractivity contribution is 5.87. The number of benzene rings is 1. The first-order valence-electron chi connectivity index (χ1n) is 8.74. The molecule has 3 aliphatic rings. The van der Waals surface area contributed by atoms with Crippen molar-refractivity contribution in [3.63, 3.8) is 0 Å². The summed E-state index contributed by atoms with van der Waals surface area (Å²) < 4.78 is 5.40. The van der Waals surface area contributed by atoms with Crippen LogP contribution in [0.25, 0.3) is 0 Å². The largest absolute Gasteiger partial charge is 0.497 e. The van der Waals surface area contributed by atoms with Gasteiger partial charge in [-0.3, -0.25) is 4.79 Å². The maximum absolute atomic E-state index is 12.5. The Kier molecular flexibility index (Phi) is 3.15. The molecule has 2 fully saturated rings. The Labute approximate surface area is 133 Å². The molecule has 0 bridgehead atoms. The number of hydrogen-bond donors (Lipinski definition) is 0. The van der Waals surface area contributed by atoms with E-state index in [1.54, 1.807) is 7.11 Å². The van der Waals surface area contributed by atoms with Gasteiger partial charge in [-0.1, -0.05) is 19.9 Å². The number of ether oxygens (including phenoxy) is 1. The zero-order chi connectivity index (χ0) is 15.5. The molecule has 22 heavy (non-hydrogen) atoms. The molecule has 2 nitrogen and oxygen atoms in total. The van der Waals surface area contributed by atoms with Crippen molar-refractivity contribution in [3.05, 3.63) is 29.3 Å². The van der Waals surface area contributed by atoms with E-state index in [1.165, 1.54) is 17.5 Å². The fourth-order valence-electron chi connectivity index (χ4n) is 6.01. The van der Waals surface area contributed by atoms with Gasteiger partial charge < -0.3 is 4.74 Å². The van der Waals surface area contributed by atoms with Gasteiger partial charge in [0.2, 0.25) is 0 Å². The number of hydrogen-bond acceptors (Lipinski definition) is 2. The van der Waals surface area contributed by atoms with Crippen LogP contribution in [0.3, 0.4) is 0 Å². The molecule has 2 heteroatoms. The van der Waals surface area contributed by atoms with Crippen LogP contribution in [0.4, 0.5) is 0 Å². The molecule has 1 aromatic carbocycles. The Balaban J connectivity index is 1.75. The first-order valence-corrected chi connectivity index (χ1v) is 8.74. The summed E-state index contributed by atoms with van der Waals surface area (Å²) in [5.74, 6) is 4.04. The van der Waals surface area contributed by atoms with Crippen molar-refractivity contribution >= 4 is 5.78 Å². The van der Waals surface area contributed by atoms with E-state index in [1.807, 2.05) is 0 Å². The standard InChI is InChI=1S/C20H26O2/c1-12-11-20(2)17(8-9-18(20)21)16-6-4-13-10-14(22-3)5-7-15(13)19(12)16/h5,7,10,12,16-17,19H,4,6,8-9,11H2,1-3H3/t12-,16-,17+,19-,20+/m1/s1. The molecule has 0 aliphatic heterocycles. The highest BCUT2D eigenvalue weighted by Crippen LogP contribution is 2.61. The Bertz CT molecular complexity index is 620. The minimum absolute atomic E-state index is 0.0371. The molecular formula is C20H26O2. The van der Waals surface area contributed by atoms with Crippen LogP contribution in [0.2, 0.25) is 0 Å². The lowest BCUT2D eigenvalue weighted by Crippen LogP contribution is -2.46. The van der Waals surface area contributed by atoms with Crippen molar-refractivity contribution in [1.82, 2.24) is 0 Å². The van der Waals surface area contributed by atoms with E-state index >= 15 is 0 Å². The topological polar surface area (TPSA) is 26.3 Å². The van der Waals surface area contributed by atoms with E-state index < -0.39 is 0 Å². The molecule has 5 atom stereocenters. The van der Waals surface area contributed by atoms with Crippen molar-refractivity contribution in [2.45, 2.75) is 51.9 Å². The zero-order valence-electron chi connectivity index (χ0n) is 13.9. The molecule has 3 aliphatic carbocycles. The summed E-state index contributed by atoms with van der Waals surface area (Å²) in [5.41, 5.74) is 2.97. The molecule has 2 saturated carbocycles. The lowest BCUT2D eigenvalue weighted by Gasteiger charge is -2.51. The van der Waals surface area contributed by atoms with Gasteiger partial charge in [-0.15, -0.1) is 0 Å². The van der Waals surface area contributed by atoms with Crippen LogP contribution in [-0.4, -0.2) is 12.9 Å². The van der Waals surface area contributed by atoms with E-state index in [0.29, 0.717) is 29.5 Å². The fraction of sp³-hybridized carbons (Fsp3) is 0.650. The van der Waals surface area contributed by atoms with Gasteiger partial charge in [-0.05, 0) is 72.6 Å². The summed E-state index contributed by atoms with van der Waals surface area (Å²) in [6, 6.07) is 6.63. The third-order valence-electron chi connectivity index (χ3n) is 6.93. The summed E-state index contributed by atoms with van der Waals surface area (Å²) >= 11 is 0. The van der Waals surface area contributed by atoms with Crippen LogP contribution in [0.15, 0.2) is 18.2 Å². The van der Waals surface area contributed by atoms with Crippen molar-refractivity contribution < 1.29 is 9.53 Å². The van der Waals surface area contributed by atoms with E-state index in [9.17, 15) is 4.79 Å². The van der Waals surface area contributed by atoms with Crippen LogP contribution in [0.1, 0.15) is 56.6 Å². The van der Waals surface area contributed by atoms with Crippen LogP contribution >= 0.6 is 0 Å². The second-order valence-corrected chi connectivity index (χ2v) is 7.96. The highest BCUT2D eigenvalue weighted by Gasteiger charge is 2.56. The second-order valence-electron chi connectivity index (χ2n) is 7.96. The Morgan fingerprint density at radius 2 is 2.05 bits per heavy atom. The van der Waals surface area contributed by atoms with Crippen molar-refractivity contribution in [3.8, 4) is 5.75 Å². The molecule has 118 valence electrons. The first-order chi connectivity index (χ1) is 10.5. The molecule has 0 spiro atoms. The monoisotopic (exact) mass is 298 g/mol. The molecule has 0 heterocycles. The molecule has 0 amide bonds. The predicted molar refractivity (Wildman–Crippen MR) is 87.2 cm³/mol.